The van der Waals surface area contributed by atoms with Gasteiger partial charge in [0.15, 0.2) is 16.8 Å². The van der Waals surface area contributed by atoms with E-state index in [9.17, 15) is 0 Å². The molecule has 0 aliphatic heterocycles. The van der Waals surface area contributed by atoms with Crippen molar-refractivity contribution in [2.75, 3.05) is 0 Å². The van der Waals surface area contributed by atoms with Crippen LogP contribution in [0.5, 0.6) is 11.5 Å². The van der Waals surface area contributed by atoms with E-state index in [0.717, 1.165) is 5.75 Å². The number of hydrogen-bond donors (Lipinski definition) is 0. The Kier molecular flexibility index (Phi) is 2.46. The lowest BCUT2D eigenvalue weighted by Gasteiger charge is -2.01. The van der Waals surface area contributed by atoms with Gasteiger partial charge in [-0.15, -0.1) is 0 Å². The number of para-hydroxylation sites is 1. The Morgan fingerprint density at radius 1 is 1.18 bits per heavy atom. The summed E-state index contributed by atoms with van der Waals surface area (Å²) in [6.45, 7) is 0. The van der Waals surface area contributed by atoms with E-state index in [-0.39, 0.29) is 0 Å². The summed E-state index contributed by atoms with van der Waals surface area (Å²) in [5.74, 6) is 1.33. The minimum absolute atomic E-state index is 0.540. The number of rotatable bonds is 2. The Balaban J connectivity index is 2.01. The molecule has 0 N–H and O–H groups in total. The SMILES string of the molecule is Clc1cnc2c(Oc3ccccc3)coc2c1. The van der Waals surface area contributed by atoms with Crippen molar-refractivity contribution >= 4 is 22.7 Å². The van der Waals surface area contributed by atoms with E-state index in [1.807, 2.05) is 30.3 Å². The lowest BCUT2D eigenvalue weighted by Crippen LogP contribution is -1.83. The van der Waals surface area contributed by atoms with E-state index in [2.05, 4.69) is 4.98 Å². The number of nitrogens with zero attached hydrogens (tertiary/aromatic N) is 1. The van der Waals surface area contributed by atoms with Crippen molar-refractivity contribution in [3.8, 4) is 11.5 Å². The van der Waals surface area contributed by atoms with Crippen LogP contribution in [0.3, 0.4) is 0 Å². The summed E-state index contributed by atoms with van der Waals surface area (Å²) < 4.78 is 11.0. The lowest BCUT2D eigenvalue weighted by atomic mass is 10.3. The van der Waals surface area contributed by atoms with Crippen LogP contribution >= 0.6 is 11.6 Å². The molecule has 2 aromatic heterocycles. The highest BCUT2D eigenvalue weighted by Gasteiger charge is 2.09. The molecular weight excluding hydrogens is 238 g/mol. The normalized spacial score (nSPS) is 10.6. The molecular formula is C13H8ClNO2. The number of aromatic nitrogens is 1. The van der Waals surface area contributed by atoms with Crippen molar-refractivity contribution < 1.29 is 9.15 Å². The summed E-state index contributed by atoms with van der Waals surface area (Å²) in [4.78, 5) is 4.19. The highest BCUT2D eigenvalue weighted by Crippen LogP contribution is 2.31. The fourth-order valence-electron chi connectivity index (χ4n) is 1.56. The molecule has 2 heterocycles. The summed E-state index contributed by atoms with van der Waals surface area (Å²) in [5, 5.41) is 0.540. The second-order valence-electron chi connectivity index (χ2n) is 3.52. The van der Waals surface area contributed by atoms with Crippen molar-refractivity contribution in [3.63, 3.8) is 0 Å². The predicted octanol–water partition coefficient (Wildman–Crippen LogP) is 4.27. The number of hydrogen-bond acceptors (Lipinski definition) is 3. The van der Waals surface area contributed by atoms with Crippen LogP contribution in [0.25, 0.3) is 11.1 Å². The molecule has 0 radical (unpaired) electrons. The molecule has 3 aromatic rings. The summed E-state index contributed by atoms with van der Waals surface area (Å²) in [7, 11) is 0. The number of pyridine rings is 1. The molecule has 3 nitrogen and oxygen atoms in total. The smallest absolute Gasteiger partial charge is 0.191 e. The van der Waals surface area contributed by atoms with Crippen LogP contribution in [-0.4, -0.2) is 4.98 Å². The van der Waals surface area contributed by atoms with E-state index in [1.54, 1.807) is 12.3 Å². The third-order valence-electron chi connectivity index (χ3n) is 2.32. The van der Waals surface area contributed by atoms with Crippen LogP contribution in [0.15, 0.2) is 53.3 Å². The highest BCUT2D eigenvalue weighted by atomic mass is 35.5. The van der Waals surface area contributed by atoms with Crippen molar-refractivity contribution in [1.82, 2.24) is 4.98 Å². The molecule has 0 atom stereocenters. The minimum Gasteiger partial charge on any atom is -0.459 e. The van der Waals surface area contributed by atoms with Gasteiger partial charge in [0.05, 0.1) is 5.02 Å². The average molecular weight is 246 g/mol. The van der Waals surface area contributed by atoms with Crippen LogP contribution in [0.4, 0.5) is 0 Å². The van der Waals surface area contributed by atoms with Crippen LogP contribution in [0, 0.1) is 0 Å². The largest absolute Gasteiger partial charge is 0.459 e. The van der Waals surface area contributed by atoms with Gasteiger partial charge in [0.2, 0.25) is 0 Å². The van der Waals surface area contributed by atoms with Crippen molar-refractivity contribution in [2.45, 2.75) is 0 Å². The molecule has 1 aromatic carbocycles. The van der Waals surface area contributed by atoms with Crippen molar-refractivity contribution in [2.24, 2.45) is 0 Å². The maximum atomic E-state index is 5.82. The molecule has 0 saturated carbocycles. The fourth-order valence-corrected chi connectivity index (χ4v) is 1.70. The zero-order chi connectivity index (χ0) is 11.7. The van der Waals surface area contributed by atoms with E-state index in [1.165, 1.54) is 6.26 Å². The van der Waals surface area contributed by atoms with Crippen LogP contribution < -0.4 is 4.74 Å². The van der Waals surface area contributed by atoms with E-state index in [4.69, 9.17) is 20.8 Å². The van der Waals surface area contributed by atoms with Crippen LogP contribution in [0.2, 0.25) is 5.02 Å². The van der Waals surface area contributed by atoms with E-state index >= 15 is 0 Å². The number of ether oxygens (including phenoxy) is 1. The molecule has 0 amide bonds. The maximum absolute atomic E-state index is 5.82. The van der Waals surface area contributed by atoms with Crippen molar-refractivity contribution in [3.05, 3.63) is 53.9 Å². The summed E-state index contributed by atoms with van der Waals surface area (Å²) >= 11 is 5.82. The Bertz CT molecular complexity index is 649. The molecule has 0 aliphatic carbocycles. The summed E-state index contributed by atoms with van der Waals surface area (Å²) in [5.41, 5.74) is 1.28. The molecule has 4 heteroatoms. The van der Waals surface area contributed by atoms with Gasteiger partial charge in [-0.25, -0.2) is 4.98 Å². The van der Waals surface area contributed by atoms with Gasteiger partial charge in [0.25, 0.3) is 0 Å². The first kappa shape index (κ1) is 10.2. The van der Waals surface area contributed by atoms with Crippen LogP contribution in [0.1, 0.15) is 0 Å². The first-order valence-electron chi connectivity index (χ1n) is 5.08. The highest BCUT2D eigenvalue weighted by molar-refractivity contribution is 6.31. The Morgan fingerprint density at radius 3 is 2.82 bits per heavy atom. The molecule has 0 bridgehead atoms. The summed E-state index contributed by atoms with van der Waals surface area (Å²) in [6, 6.07) is 11.2. The molecule has 84 valence electrons. The zero-order valence-electron chi connectivity index (χ0n) is 8.76. The minimum atomic E-state index is 0.540. The van der Waals surface area contributed by atoms with Gasteiger partial charge in [-0.05, 0) is 12.1 Å². The lowest BCUT2D eigenvalue weighted by molar-refractivity contribution is 0.471. The van der Waals surface area contributed by atoms with Gasteiger partial charge in [0.1, 0.15) is 12.0 Å². The standard InChI is InChI=1S/C13H8ClNO2/c14-9-6-11-13(15-7-9)12(8-16-11)17-10-4-2-1-3-5-10/h1-8H. The Morgan fingerprint density at radius 2 is 2.00 bits per heavy atom. The van der Waals surface area contributed by atoms with Gasteiger partial charge in [-0.2, -0.15) is 0 Å². The fraction of sp³-hybridized carbons (Fsp3) is 0. The number of benzene rings is 1. The van der Waals surface area contributed by atoms with Gasteiger partial charge in [-0.1, -0.05) is 29.8 Å². The quantitative estimate of drug-likeness (QED) is 0.676. The van der Waals surface area contributed by atoms with Gasteiger partial charge in [0, 0.05) is 12.3 Å². The van der Waals surface area contributed by atoms with Gasteiger partial charge >= 0.3 is 0 Å². The number of fused-ring (bicyclic) bond motifs is 1. The first-order valence-corrected chi connectivity index (χ1v) is 5.46. The van der Waals surface area contributed by atoms with Gasteiger partial charge in [-0.3, -0.25) is 0 Å². The maximum Gasteiger partial charge on any atom is 0.191 e. The number of halogens is 1. The van der Waals surface area contributed by atoms with E-state index < -0.39 is 0 Å². The molecule has 0 aliphatic rings. The van der Waals surface area contributed by atoms with Crippen LogP contribution in [-0.2, 0) is 0 Å². The summed E-state index contributed by atoms with van der Waals surface area (Å²) in [6.07, 6.45) is 3.10. The molecule has 0 unspecified atom stereocenters. The van der Waals surface area contributed by atoms with E-state index in [0.29, 0.717) is 21.9 Å². The molecule has 3 rings (SSSR count). The number of furan rings is 1. The Hall–Kier alpha value is -2.00. The monoisotopic (exact) mass is 245 g/mol. The third kappa shape index (κ3) is 1.97. The van der Waals surface area contributed by atoms with Gasteiger partial charge < -0.3 is 9.15 Å². The molecule has 0 fully saturated rings. The zero-order valence-corrected chi connectivity index (χ0v) is 9.52. The Labute approximate surface area is 103 Å². The predicted molar refractivity (Wildman–Crippen MR) is 65.5 cm³/mol. The third-order valence-corrected chi connectivity index (χ3v) is 2.52. The first-order chi connectivity index (χ1) is 8.33. The molecule has 0 saturated heterocycles. The molecule has 0 spiro atoms. The van der Waals surface area contributed by atoms with Crippen molar-refractivity contribution in [1.29, 1.82) is 0 Å². The second kappa shape index (κ2) is 4.11. The topological polar surface area (TPSA) is 35.3 Å². The molecule has 17 heavy (non-hydrogen) atoms. The second-order valence-corrected chi connectivity index (χ2v) is 3.95. The average Bonchev–Trinajstić information content (AvgIpc) is 2.73.